The number of carbonyl (C=O) groups excluding carboxylic acids is 5. The van der Waals surface area contributed by atoms with Crippen LogP contribution in [0.25, 0.3) is 0 Å². The highest BCUT2D eigenvalue weighted by atomic mass is 79.9. The number of ether oxygens (including phenoxy) is 9. The topological polar surface area (TPSA) is 181 Å². The number of pyridine rings is 1. The molecule has 0 N–H and O–H groups in total. The molecule has 0 saturated carbocycles. The van der Waals surface area contributed by atoms with E-state index in [-0.39, 0.29) is 55.6 Å². The van der Waals surface area contributed by atoms with Gasteiger partial charge in [0.2, 0.25) is 5.88 Å². The number of carbonyl (C=O) groups is 5. The van der Waals surface area contributed by atoms with Crippen LogP contribution in [0.4, 0.5) is 13.2 Å². The molecule has 21 heteroatoms. The Hall–Kier alpha value is -9.69. The summed E-state index contributed by atoms with van der Waals surface area (Å²) in [4.78, 5) is 59.7. The van der Waals surface area contributed by atoms with Gasteiger partial charge in [-0.15, -0.1) is 11.6 Å². The fourth-order valence-electron chi connectivity index (χ4n) is 8.41. The molecule has 15 nitrogen and oxygen atoms in total. The van der Waals surface area contributed by atoms with E-state index in [0.717, 1.165) is 61.7 Å². The van der Waals surface area contributed by atoms with E-state index in [1.807, 2.05) is 164 Å². The molecule has 1 heterocycles. The van der Waals surface area contributed by atoms with Crippen LogP contribution in [0.15, 0.2) is 218 Å². The predicted molar refractivity (Wildman–Crippen MR) is 360 cm³/mol. The summed E-state index contributed by atoms with van der Waals surface area (Å²) < 4.78 is 83.8. The summed E-state index contributed by atoms with van der Waals surface area (Å²) in [5.74, 6) is 1.79. The van der Waals surface area contributed by atoms with Gasteiger partial charge in [0.25, 0.3) is 0 Å². The Kier molecular flexibility index (Phi) is 33.5. The van der Waals surface area contributed by atoms with Crippen molar-refractivity contribution in [3.05, 3.63) is 285 Å². The number of esters is 5. The molecule has 0 radical (unpaired) electrons. The molecule has 0 aliphatic carbocycles. The van der Waals surface area contributed by atoms with Crippen molar-refractivity contribution in [1.29, 1.82) is 0 Å². The van der Waals surface area contributed by atoms with E-state index in [0.29, 0.717) is 65.3 Å². The number of aromatic nitrogens is 1. The highest BCUT2D eigenvalue weighted by molar-refractivity contribution is 9.08. The number of nitrogens with zero attached hydrogens (tertiary/aromatic N) is 1. The molecule has 9 rings (SSSR count). The Labute approximate surface area is 569 Å². The Morgan fingerprint density at radius 1 is 0.379 bits per heavy atom. The lowest BCUT2D eigenvalue weighted by Crippen LogP contribution is -2.10. The second-order valence-corrected chi connectivity index (χ2v) is 21.2. The minimum absolute atomic E-state index is 0.00147. The van der Waals surface area contributed by atoms with Gasteiger partial charge in [0, 0.05) is 28.4 Å². The molecule has 0 aliphatic rings. The molecule has 0 bridgehead atoms. The Bertz CT molecular complexity index is 3800. The Morgan fingerprint density at radius 2 is 0.705 bits per heavy atom. The van der Waals surface area contributed by atoms with E-state index in [1.165, 1.54) is 47.7 Å². The molecular formula is C74H71BrCl2F3NO14. The van der Waals surface area contributed by atoms with Crippen LogP contribution in [-0.2, 0) is 117 Å². The molecule has 0 amide bonds. The van der Waals surface area contributed by atoms with Gasteiger partial charge in [0.05, 0.1) is 67.7 Å². The summed E-state index contributed by atoms with van der Waals surface area (Å²) >= 11 is 15.0. The number of benzene rings is 8. The maximum atomic E-state index is 12.6. The first-order valence-electron chi connectivity index (χ1n) is 29.2. The van der Waals surface area contributed by atoms with Crippen molar-refractivity contribution in [2.75, 3.05) is 35.5 Å². The van der Waals surface area contributed by atoms with E-state index >= 15 is 0 Å². The molecule has 498 valence electrons. The molecule has 0 aliphatic heterocycles. The normalized spacial score (nSPS) is 10.3. The van der Waals surface area contributed by atoms with E-state index < -0.39 is 17.8 Å². The van der Waals surface area contributed by atoms with Crippen LogP contribution in [-0.4, -0.2) is 70.4 Å². The van der Waals surface area contributed by atoms with Gasteiger partial charge >= 0.3 is 36.0 Å². The fourth-order valence-corrected chi connectivity index (χ4v) is 9.40. The van der Waals surface area contributed by atoms with Crippen molar-refractivity contribution >= 4 is 69.0 Å². The third-order valence-corrected chi connectivity index (χ3v) is 14.6. The zero-order chi connectivity index (χ0) is 68.8. The van der Waals surface area contributed by atoms with Gasteiger partial charge in [-0.25, -0.2) is 4.98 Å². The van der Waals surface area contributed by atoms with Crippen molar-refractivity contribution in [2.24, 2.45) is 0 Å². The standard InChI is InChI=1S/C22H20O4.C16H15ClO3.C16H14F3NO3.C10H11BrO2.C10H11ClO2/c1-24-22(23)14-17-8-5-6-9-18(17)16-25-20-12-7-13-21(15-20)26-19-10-3-2-4-11-19;1-19-16(18)9-12-5-2-3-6-13(12)11-20-15-8-4-7-14(17)10-15;1-22-15(21)9-11-5-2-3-6-12(11)10-23-14-8-4-7-13(20-14)16(17,18)19;2*1-13-10(12)6-8-4-2-3-5-9(8)7-11/h2-13,15H,14,16H2,1H3;2-8,10H,9,11H2,1H3;2-8H,9-10H2,1H3;2*2-5H,6-7H2,1H3. The van der Waals surface area contributed by atoms with Gasteiger partial charge in [-0.3, -0.25) is 24.0 Å². The Morgan fingerprint density at radius 3 is 1.11 bits per heavy atom. The molecule has 8 aromatic carbocycles. The van der Waals surface area contributed by atoms with Gasteiger partial charge < -0.3 is 42.6 Å². The molecular weight excluding hydrogens is 1330 g/mol. The lowest BCUT2D eigenvalue weighted by atomic mass is 10.1. The second-order valence-electron chi connectivity index (χ2n) is 19.9. The maximum absolute atomic E-state index is 12.6. The van der Waals surface area contributed by atoms with E-state index in [1.54, 1.807) is 36.4 Å². The molecule has 95 heavy (non-hydrogen) atoms. The molecule has 0 saturated heterocycles. The summed E-state index contributed by atoms with van der Waals surface area (Å²) in [6.07, 6.45) is -3.36. The molecule has 0 unspecified atom stereocenters. The number of halogens is 6. The zero-order valence-electron chi connectivity index (χ0n) is 52.8. The third kappa shape index (κ3) is 28.2. The van der Waals surface area contributed by atoms with Crippen LogP contribution in [0.1, 0.15) is 61.3 Å². The third-order valence-electron chi connectivity index (χ3n) is 13.5. The van der Waals surface area contributed by atoms with Crippen molar-refractivity contribution < 1.29 is 79.8 Å². The van der Waals surface area contributed by atoms with Gasteiger partial charge in [0.1, 0.15) is 48.5 Å². The zero-order valence-corrected chi connectivity index (χ0v) is 55.9. The van der Waals surface area contributed by atoms with Crippen molar-refractivity contribution in [1.82, 2.24) is 4.98 Å². The number of methoxy groups -OCH3 is 5. The average molecular weight is 1410 g/mol. The summed E-state index contributed by atoms with van der Waals surface area (Å²) in [7, 11) is 6.84. The van der Waals surface area contributed by atoms with Gasteiger partial charge in [-0.05, 0) is 104 Å². The summed E-state index contributed by atoms with van der Waals surface area (Å²) in [6, 6.07) is 65.4. The first-order valence-corrected chi connectivity index (χ1v) is 31.2. The van der Waals surface area contributed by atoms with Gasteiger partial charge in [-0.1, -0.05) is 185 Å². The van der Waals surface area contributed by atoms with Crippen molar-refractivity contribution in [2.45, 2.75) is 69.3 Å². The van der Waals surface area contributed by atoms with Gasteiger partial charge in [-0.2, -0.15) is 13.2 Å². The van der Waals surface area contributed by atoms with E-state index in [2.05, 4.69) is 35.1 Å². The number of alkyl halides is 5. The highest BCUT2D eigenvalue weighted by Gasteiger charge is 2.32. The predicted octanol–water partition coefficient (Wildman–Crippen LogP) is 16.2. The monoisotopic (exact) mass is 1400 g/mol. The molecule has 1 aromatic heterocycles. The first kappa shape index (κ1) is 76.0. The van der Waals surface area contributed by atoms with Crippen molar-refractivity contribution in [3.63, 3.8) is 0 Å². The summed E-state index contributed by atoms with van der Waals surface area (Å²) in [5, 5.41) is 1.39. The number of hydrogen-bond donors (Lipinski definition) is 0. The first-order chi connectivity index (χ1) is 45.9. The smallest absolute Gasteiger partial charge is 0.433 e. The number of para-hydroxylation sites is 1. The number of rotatable bonds is 23. The molecule has 0 fully saturated rings. The lowest BCUT2D eigenvalue weighted by molar-refractivity contribution is -0.142. The maximum Gasteiger partial charge on any atom is 0.433 e. The fraction of sp³-hybridized carbons (Fsp3) is 0.216. The summed E-state index contributed by atoms with van der Waals surface area (Å²) in [6.45, 7) is 0.747. The quantitative estimate of drug-likeness (QED) is 0.0335. The van der Waals surface area contributed by atoms with E-state index in [4.69, 9.17) is 51.6 Å². The van der Waals surface area contributed by atoms with Crippen LogP contribution in [0, 0.1) is 0 Å². The molecule has 9 aromatic rings. The van der Waals surface area contributed by atoms with Crippen LogP contribution >= 0.6 is 39.1 Å². The Balaban J connectivity index is 0.000000220. The minimum atomic E-state index is -4.53. The molecule has 0 spiro atoms. The van der Waals surface area contributed by atoms with Gasteiger partial charge in [0.15, 0.2) is 0 Å². The number of hydrogen-bond acceptors (Lipinski definition) is 15. The average Bonchev–Trinajstić information content (AvgIpc) is 2.42. The van der Waals surface area contributed by atoms with Crippen molar-refractivity contribution in [3.8, 4) is 28.9 Å². The largest absolute Gasteiger partial charge is 0.489 e. The lowest BCUT2D eigenvalue weighted by Gasteiger charge is -2.12. The SMILES string of the molecule is COC(=O)Cc1ccccc1CBr.COC(=O)Cc1ccccc1CCl.COC(=O)Cc1ccccc1COc1cccc(C(F)(F)F)n1.COC(=O)Cc1ccccc1COc1cccc(Cl)c1.COC(=O)Cc1ccccc1COc1cccc(Oc2ccccc2)c1. The highest BCUT2D eigenvalue weighted by Crippen LogP contribution is 2.30. The summed E-state index contributed by atoms with van der Waals surface area (Å²) in [5.41, 5.74) is 8.13. The second kappa shape index (κ2) is 41.8. The van der Waals surface area contributed by atoms with Crippen LogP contribution in [0.2, 0.25) is 5.02 Å². The molecule has 0 atom stereocenters. The van der Waals surface area contributed by atoms with E-state index in [9.17, 15) is 37.1 Å². The van der Waals surface area contributed by atoms with Crippen LogP contribution < -0.4 is 18.9 Å². The van der Waals surface area contributed by atoms with Crippen LogP contribution in [0.3, 0.4) is 0 Å². The van der Waals surface area contributed by atoms with Crippen LogP contribution in [0.5, 0.6) is 28.9 Å². The minimum Gasteiger partial charge on any atom is -0.489 e.